The third-order valence-corrected chi connectivity index (χ3v) is 9.27. The molecule has 0 aliphatic carbocycles. The summed E-state index contributed by atoms with van der Waals surface area (Å²) in [5.41, 5.74) is 1.58. The number of aryl methyl sites for hydroxylation is 1. The Morgan fingerprint density at radius 3 is 2.28 bits per heavy atom. The van der Waals surface area contributed by atoms with Gasteiger partial charge >= 0.3 is 157 Å². The van der Waals surface area contributed by atoms with Crippen LogP contribution in [0.2, 0.25) is 0 Å². The Labute approximate surface area is 156 Å². The van der Waals surface area contributed by atoms with Crippen LogP contribution in [-0.2, 0) is 17.4 Å². The number of halogens is 1. The molecule has 138 valence electrons. The van der Waals surface area contributed by atoms with Crippen LogP contribution in [0.3, 0.4) is 0 Å². The van der Waals surface area contributed by atoms with Crippen molar-refractivity contribution in [1.82, 2.24) is 0 Å². The molecule has 1 N–H and O–H groups in total. The van der Waals surface area contributed by atoms with E-state index in [0.717, 1.165) is 5.56 Å². The van der Waals surface area contributed by atoms with Crippen molar-refractivity contribution in [3.05, 3.63) is 57.2 Å². The molecule has 25 heavy (non-hydrogen) atoms. The zero-order valence-corrected chi connectivity index (χ0v) is 17.4. The second-order valence-corrected chi connectivity index (χ2v) is 10.3. The van der Waals surface area contributed by atoms with Crippen molar-refractivity contribution in [3.63, 3.8) is 0 Å². The zero-order chi connectivity index (χ0) is 18.6. The molecule has 0 aliphatic rings. The summed E-state index contributed by atoms with van der Waals surface area (Å²) in [5.74, 6) is 0.383. The predicted octanol–water partition coefficient (Wildman–Crippen LogP) is 3.61. The van der Waals surface area contributed by atoms with Gasteiger partial charge in [-0.05, 0) is 0 Å². The van der Waals surface area contributed by atoms with Crippen molar-refractivity contribution in [2.24, 2.45) is 0 Å². The van der Waals surface area contributed by atoms with Crippen molar-refractivity contribution in [3.8, 4) is 5.75 Å². The topological polar surface area (TPSA) is 82.1 Å². The fraction of sp³-hybridized carbons (Fsp3) is 0.294. The molecule has 0 fully saturated rings. The Morgan fingerprint density at radius 2 is 1.72 bits per heavy atom. The number of benzene rings is 2. The summed E-state index contributed by atoms with van der Waals surface area (Å²) in [7, 11) is -1.08. The first-order valence-corrected chi connectivity index (χ1v) is 11.7. The Morgan fingerprint density at radius 1 is 1.08 bits per heavy atom. The zero-order valence-electron chi connectivity index (χ0n) is 14.4. The van der Waals surface area contributed by atoms with Gasteiger partial charge in [0.1, 0.15) is 0 Å². The number of methoxy groups -OCH3 is 2. The van der Waals surface area contributed by atoms with Gasteiger partial charge in [-0.15, -0.1) is 0 Å². The molecule has 0 saturated heterocycles. The van der Waals surface area contributed by atoms with E-state index in [2.05, 4.69) is 0 Å². The first-order chi connectivity index (χ1) is 11.8. The Kier molecular flexibility index (Phi) is 6.80. The van der Waals surface area contributed by atoms with Gasteiger partial charge in [-0.25, -0.2) is 0 Å². The molecular weight excluding hydrogens is 459 g/mol. The van der Waals surface area contributed by atoms with Crippen LogP contribution < -0.4 is 4.74 Å². The quantitative estimate of drug-likeness (QED) is 0.610. The Hall–Kier alpha value is -1.20. The van der Waals surface area contributed by atoms with Crippen LogP contribution in [0.1, 0.15) is 24.2 Å². The summed E-state index contributed by atoms with van der Waals surface area (Å²) >= 11 is -3.53. The molecule has 0 saturated carbocycles. The third kappa shape index (κ3) is 4.70. The monoisotopic (exact) mass is 480 g/mol. The van der Waals surface area contributed by atoms with Gasteiger partial charge in [0.15, 0.2) is 0 Å². The van der Waals surface area contributed by atoms with E-state index in [-0.39, 0.29) is 11.0 Å². The molecule has 2 aromatic carbocycles. The molecule has 0 aromatic heterocycles. The van der Waals surface area contributed by atoms with Crippen LogP contribution in [-0.4, -0.2) is 26.1 Å². The first kappa shape index (κ1) is 20.1. The second-order valence-electron chi connectivity index (χ2n) is 5.30. The van der Waals surface area contributed by atoms with Gasteiger partial charge in [0.2, 0.25) is 0 Å². The van der Waals surface area contributed by atoms with E-state index in [1.165, 1.54) is 26.4 Å². The summed E-state index contributed by atoms with van der Waals surface area (Å²) in [6, 6.07) is 11.4. The van der Waals surface area contributed by atoms with Gasteiger partial charge in [0.25, 0.3) is 0 Å². The average molecular weight is 480 g/mol. The fourth-order valence-corrected chi connectivity index (χ4v) is 7.43. The molecule has 6 nitrogen and oxygen atoms in total. The SMILES string of the molecule is COc1cccc([C@H](C)OC)c1I(O)OS(=O)(=O)c1ccc(C)cc1. The number of hydrogen-bond acceptors (Lipinski definition) is 6. The van der Waals surface area contributed by atoms with E-state index in [1.54, 1.807) is 37.3 Å². The molecule has 0 amide bonds. The van der Waals surface area contributed by atoms with Gasteiger partial charge in [-0.2, -0.15) is 0 Å². The van der Waals surface area contributed by atoms with Crippen LogP contribution in [0.5, 0.6) is 5.75 Å². The van der Waals surface area contributed by atoms with Crippen LogP contribution in [0, 0.1) is 10.5 Å². The van der Waals surface area contributed by atoms with Crippen molar-refractivity contribution < 1.29 is 23.8 Å². The third-order valence-electron chi connectivity index (χ3n) is 3.62. The van der Waals surface area contributed by atoms with Crippen LogP contribution in [0.25, 0.3) is 0 Å². The van der Waals surface area contributed by atoms with Crippen molar-refractivity contribution in [1.29, 1.82) is 0 Å². The van der Waals surface area contributed by atoms with Crippen LogP contribution in [0.4, 0.5) is 0 Å². The molecule has 0 spiro atoms. The molecule has 2 rings (SSSR count). The maximum absolute atomic E-state index is 12.5. The van der Waals surface area contributed by atoms with Crippen LogP contribution >= 0.6 is 20.6 Å². The summed E-state index contributed by atoms with van der Waals surface area (Å²) in [4.78, 5) is 0.00527. The Balaban J connectivity index is 2.40. The minimum absolute atomic E-state index is 0.00527. The van der Waals surface area contributed by atoms with Gasteiger partial charge in [0.05, 0.1) is 0 Å². The van der Waals surface area contributed by atoms with E-state index in [4.69, 9.17) is 12.0 Å². The predicted molar refractivity (Wildman–Crippen MR) is 103 cm³/mol. The molecule has 0 bridgehead atoms. The van der Waals surface area contributed by atoms with E-state index < -0.39 is 30.8 Å². The van der Waals surface area contributed by atoms with Gasteiger partial charge < -0.3 is 0 Å². The molecule has 0 heterocycles. The van der Waals surface area contributed by atoms with E-state index in [1.807, 2.05) is 6.92 Å². The Bertz CT molecular complexity index is 820. The average Bonchev–Trinajstić information content (AvgIpc) is 2.60. The summed E-state index contributed by atoms with van der Waals surface area (Å²) in [6.07, 6.45) is -0.345. The van der Waals surface area contributed by atoms with Crippen molar-refractivity contribution in [2.75, 3.05) is 14.2 Å². The molecule has 0 radical (unpaired) electrons. The second kappa shape index (κ2) is 8.45. The summed E-state index contributed by atoms with van der Waals surface area (Å²) in [5, 5.41) is 0. The standard InChI is InChI=1S/C17H21IO6S/c1-12-8-10-14(11-9-12)25(20,21)24-18(19)17-15(13(2)22-3)6-5-7-16(17)23-4/h5-11,13,19H,1-4H3/t13-/m0/s1. The molecule has 1 atom stereocenters. The molecule has 0 aliphatic heterocycles. The van der Waals surface area contributed by atoms with Crippen molar-refractivity contribution >= 4 is 30.8 Å². The molecular formula is C17H21IO6S. The van der Waals surface area contributed by atoms with Gasteiger partial charge in [-0.1, -0.05) is 0 Å². The van der Waals surface area contributed by atoms with Crippen LogP contribution in [0.15, 0.2) is 47.4 Å². The van der Waals surface area contributed by atoms with E-state index in [0.29, 0.717) is 14.9 Å². The molecule has 8 heteroatoms. The van der Waals surface area contributed by atoms with Gasteiger partial charge in [0, 0.05) is 0 Å². The first-order valence-electron chi connectivity index (χ1n) is 7.40. The summed E-state index contributed by atoms with van der Waals surface area (Å²) < 4.78 is 51.7. The van der Waals surface area contributed by atoms with Gasteiger partial charge in [-0.3, -0.25) is 0 Å². The van der Waals surface area contributed by atoms with Crippen molar-refractivity contribution in [2.45, 2.75) is 24.8 Å². The van der Waals surface area contributed by atoms with E-state index in [9.17, 15) is 11.9 Å². The molecule has 2 aromatic rings. The summed E-state index contributed by atoms with van der Waals surface area (Å²) in [6.45, 7) is 3.66. The number of rotatable bonds is 7. The number of hydrogen-bond donors (Lipinski definition) is 1. The normalized spacial score (nSPS) is 13.4. The fourth-order valence-electron chi connectivity index (χ4n) is 2.15. The van der Waals surface area contributed by atoms with E-state index >= 15 is 0 Å². The maximum atomic E-state index is 12.5. The number of ether oxygens (including phenoxy) is 2. The minimum atomic E-state index is -4.08. The molecule has 0 unspecified atom stereocenters.